The number of aromatic nitrogens is 5. The molecule has 1 aliphatic heterocycles. The predicted octanol–water partition coefficient (Wildman–Crippen LogP) is 6.73. The van der Waals surface area contributed by atoms with E-state index in [1.165, 1.54) is 13.2 Å². The van der Waals surface area contributed by atoms with E-state index in [0.717, 1.165) is 92.0 Å². The zero-order chi connectivity index (χ0) is 40.9. The first-order valence-corrected chi connectivity index (χ1v) is 19.9. The van der Waals surface area contributed by atoms with Crippen LogP contribution in [0.15, 0.2) is 59.5 Å². The predicted molar refractivity (Wildman–Crippen MR) is 211 cm³/mol. The second-order valence-electron chi connectivity index (χ2n) is 16.1. The number of methoxy groups -OCH3 is 1. The number of ether oxygens (including phenoxy) is 1. The van der Waals surface area contributed by atoms with Crippen molar-refractivity contribution in [3.8, 4) is 5.75 Å². The third-order valence-corrected chi connectivity index (χ3v) is 12.5. The van der Waals surface area contributed by atoms with E-state index in [4.69, 9.17) is 9.84 Å². The molecule has 306 valence electrons. The van der Waals surface area contributed by atoms with Gasteiger partial charge in [0, 0.05) is 43.7 Å². The summed E-state index contributed by atoms with van der Waals surface area (Å²) in [5.41, 5.74) is 2.01. The summed E-state index contributed by atoms with van der Waals surface area (Å²) in [6.45, 7) is 1.02. The Morgan fingerprint density at radius 2 is 1.72 bits per heavy atom. The van der Waals surface area contributed by atoms with Crippen LogP contribution in [0.4, 0.5) is 18.9 Å². The number of alkyl halides is 3. The quantitative estimate of drug-likeness (QED) is 0.156. The van der Waals surface area contributed by atoms with Crippen molar-refractivity contribution >= 4 is 45.3 Å². The van der Waals surface area contributed by atoms with E-state index in [-0.39, 0.29) is 29.8 Å². The van der Waals surface area contributed by atoms with Gasteiger partial charge in [0.15, 0.2) is 0 Å². The van der Waals surface area contributed by atoms with Gasteiger partial charge >= 0.3 is 11.9 Å². The van der Waals surface area contributed by atoms with Crippen molar-refractivity contribution in [2.24, 2.45) is 13.0 Å². The number of anilines is 1. The lowest BCUT2D eigenvalue weighted by atomic mass is 9.80. The summed E-state index contributed by atoms with van der Waals surface area (Å²) in [6.07, 6.45) is 5.99. The fraction of sp³-hybridized carbons (Fsp3) is 0.476. The highest BCUT2D eigenvalue weighted by atomic mass is 19.4. The van der Waals surface area contributed by atoms with Crippen LogP contribution >= 0.6 is 0 Å². The third-order valence-electron chi connectivity index (χ3n) is 12.5. The molecule has 0 bridgehead atoms. The van der Waals surface area contributed by atoms with Gasteiger partial charge < -0.3 is 15.0 Å². The summed E-state index contributed by atoms with van der Waals surface area (Å²) < 4.78 is 50.3. The molecule has 3 fully saturated rings. The summed E-state index contributed by atoms with van der Waals surface area (Å²) in [6, 6.07) is 12.6. The average molecular weight is 801 g/mol. The Bertz CT molecular complexity index is 2440. The maximum Gasteiger partial charge on any atom is 0.433 e. The highest BCUT2D eigenvalue weighted by Crippen LogP contribution is 2.40. The third kappa shape index (κ3) is 7.61. The monoisotopic (exact) mass is 800 g/mol. The Morgan fingerprint density at radius 3 is 2.43 bits per heavy atom. The van der Waals surface area contributed by atoms with Crippen LogP contribution in [-0.2, 0) is 22.8 Å². The Labute approximate surface area is 332 Å². The fourth-order valence-corrected chi connectivity index (χ4v) is 9.43. The molecule has 2 aliphatic carbocycles. The van der Waals surface area contributed by atoms with Gasteiger partial charge in [-0.1, -0.05) is 18.2 Å². The molecule has 4 heterocycles. The van der Waals surface area contributed by atoms with Crippen molar-refractivity contribution in [1.82, 2.24) is 34.1 Å². The Balaban J connectivity index is 0.866. The maximum absolute atomic E-state index is 13.5. The first-order valence-electron chi connectivity index (χ1n) is 19.9. The van der Waals surface area contributed by atoms with Gasteiger partial charge in [0.2, 0.25) is 11.8 Å². The topological polar surface area (TPSA) is 145 Å². The lowest BCUT2D eigenvalue weighted by Crippen LogP contribution is -2.44. The summed E-state index contributed by atoms with van der Waals surface area (Å²) in [4.78, 5) is 56.9. The van der Waals surface area contributed by atoms with Crippen LogP contribution in [0.3, 0.4) is 0 Å². The number of para-hydroxylation sites is 1. The molecule has 2 N–H and O–H groups in total. The van der Waals surface area contributed by atoms with Gasteiger partial charge in [-0.3, -0.25) is 33.5 Å². The lowest BCUT2D eigenvalue weighted by molar-refractivity contribution is -0.141. The molecule has 2 aromatic carbocycles. The average Bonchev–Trinajstić information content (AvgIpc) is 3.74. The van der Waals surface area contributed by atoms with Crippen LogP contribution in [0.2, 0.25) is 0 Å². The van der Waals surface area contributed by atoms with Gasteiger partial charge in [-0.25, -0.2) is 9.78 Å². The van der Waals surface area contributed by atoms with Crippen molar-refractivity contribution < 1.29 is 32.3 Å². The Hall–Kier alpha value is -5.51. The van der Waals surface area contributed by atoms with E-state index in [1.807, 2.05) is 23.0 Å². The van der Waals surface area contributed by atoms with Crippen molar-refractivity contribution in [3.05, 3.63) is 82.2 Å². The largest absolute Gasteiger partial charge is 0.494 e. The summed E-state index contributed by atoms with van der Waals surface area (Å²) in [7, 11) is 5.45. The summed E-state index contributed by atoms with van der Waals surface area (Å²) >= 11 is 0. The number of nitrogens with one attached hydrogen (secondary N) is 2. The van der Waals surface area contributed by atoms with Crippen LogP contribution < -0.4 is 21.1 Å². The SMILES string of the molecule is COc1cc2nn([C@H]3CC[C@H](CN(C)[C@H]4CC[C@@H](c5cccc6c5n(C)c(=O)n6C5CCC(=O)NC5=O)CC4)CC3)cc2cc1NC(=O)c1cccc(C(F)(F)F)n1. The number of rotatable bonds is 9. The second kappa shape index (κ2) is 15.7. The smallest absolute Gasteiger partial charge is 0.433 e. The number of carbonyl (C=O) groups is 3. The number of nitrogens with zero attached hydrogens (tertiary/aromatic N) is 6. The van der Waals surface area contributed by atoms with Crippen LogP contribution in [-0.4, -0.2) is 73.3 Å². The van der Waals surface area contributed by atoms with Crippen molar-refractivity contribution in [3.63, 3.8) is 0 Å². The zero-order valence-corrected chi connectivity index (χ0v) is 32.7. The number of fused-ring (bicyclic) bond motifs is 2. The van der Waals surface area contributed by atoms with Crippen molar-refractivity contribution in [2.45, 2.75) is 94.4 Å². The highest BCUT2D eigenvalue weighted by molar-refractivity contribution is 6.05. The van der Waals surface area contributed by atoms with Gasteiger partial charge in [-0.05, 0) is 106 Å². The van der Waals surface area contributed by atoms with Crippen LogP contribution in [0.25, 0.3) is 21.9 Å². The molecule has 5 aromatic rings. The minimum atomic E-state index is -4.67. The van der Waals surface area contributed by atoms with E-state index in [9.17, 15) is 32.3 Å². The number of aryl methyl sites for hydroxylation is 1. The van der Waals surface area contributed by atoms with E-state index in [2.05, 4.69) is 33.6 Å². The Kier molecular flexibility index (Phi) is 10.6. The first-order chi connectivity index (χ1) is 27.8. The molecule has 58 heavy (non-hydrogen) atoms. The van der Waals surface area contributed by atoms with Crippen LogP contribution in [0, 0.1) is 5.92 Å². The second-order valence-corrected chi connectivity index (χ2v) is 16.1. The number of imide groups is 1. The molecule has 0 spiro atoms. The molecule has 1 saturated heterocycles. The molecule has 1 atom stereocenters. The summed E-state index contributed by atoms with van der Waals surface area (Å²) in [5.74, 6) is -0.312. The molecular weight excluding hydrogens is 754 g/mol. The standard InChI is InChI=1S/C42H47F3N8O5/c1-50(27-16-12-25(13-17-27)29-6-4-8-33-38(29)51(2)41(57)53(33)34-18-19-37(54)48-40(34)56)22-24-10-14-28(15-11-24)52-23-26-20-32(35(58-3)21-31(26)49-52)47-39(55)30-7-5-9-36(46-30)42(43,44)45/h4-9,20-21,23-25,27-28,34H,10-19,22H2,1-3H3,(H,47,55)(H,48,54,56)/t24-,25-,27+,28-,34?. The van der Waals surface area contributed by atoms with Crippen molar-refractivity contribution in [2.75, 3.05) is 26.0 Å². The molecule has 3 aromatic heterocycles. The lowest BCUT2D eigenvalue weighted by Gasteiger charge is -2.38. The fourth-order valence-electron chi connectivity index (χ4n) is 9.43. The van der Waals surface area contributed by atoms with Gasteiger partial charge in [0.25, 0.3) is 5.91 Å². The van der Waals surface area contributed by atoms with Gasteiger partial charge in [0.1, 0.15) is 23.2 Å². The number of pyridine rings is 1. The molecule has 0 radical (unpaired) electrons. The molecular formula is C42H47F3N8O5. The number of amides is 3. The Morgan fingerprint density at radius 1 is 0.983 bits per heavy atom. The minimum absolute atomic E-state index is 0.208. The summed E-state index contributed by atoms with van der Waals surface area (Å²) in [5, 5.41) is 10.7. The van der Waals surface area contributed by atoms with E-state index in [1.54, 1.807) is 28.3 Å². The molecule has 13 nitrogen and oxygen atoms in total. The van der Waals surface area contributed by atoms with E-state index >= 15 is 0 Å². The van der Waals surface area contributed by atoms with Crippen LogP contribution in [0.1, 0.15) is 104 Å². The molecule has 8 rings (SSSR count). The first kappa shape index (κ1) is 39.3. The number of benzene rings is 2. The van der Waals surface area contributed by atoms with Crippen molar-refractivity contribution in [1.29, 1.82) is 0 Å². The number of hydrogen-bond acceptors (Lipinski definition) is 8. The van der Waals surface area contributed by atoms with Gasteiger partial charge in [-0.15, -0.1) is 0 Å². The molecule has 3 aliphatic rings. The van der Waals surface area contributed by atoms with Crippen LogP contribution in [0.5, 0.6) is 5.75 Å². The molecule has 1 unspecified atom stereocenters. The number of imidazole rings is 1. The number of carbonyl (C=O) groups excluding carboxylic acids is 3. The van der Waals surface area contributed by atoms with Gasteiger partial charge in [0.05, 0.1) is 35.4 Å². The number of hydrogen-bond donors (Lipinski definition) is 2. The number of piperidine rings is 1. The normalized spacial score (nSPS) is 23.1. The van der Waals surface area contributed by atoms with E-state index in [0.29, 0.717) is 41.3 Å². The number of halogens is 3. The van der Waals surface area contributed by atoms with E-state index < -0.39 is 29.7 Å². The zero-order valence-electron chi connectivity index (χ0n) is 32.7. The molecule has 3 amide bonds. The molecule has 16 heteroatoms. The minimum Gasteiger partial charge on any atom is -0.494 e. The molecule has 2 saturated carbocycles. The van der Waals surface area contributed by atoms with Gasteiger partial charge in [-0.2, -0.15) is 18.3 Å². The maximum atomic E-state index is 13.5. The highest BCUT2D eigenvalue weighted by Gasteiger charge is 2.35.